The van der Waals surface area contributed by atoms with Crippen LogP contribution in [-0.2, 0) is 14.6 Å². The van der Waals surface area contributed by atoms with Crippen LogP contribution >= 0.6 is 0 Å². The molecule has 1 rings (SSSR count). The lowest BCUT2D eigenvalue weighted by Gasteiger charge is -2.04. The van der Waals surface area contributed by atoms with Gasteiger partial charge in [0.1, 0.15) is 0 Å². The molecule has 1 aromatic rings. The molecule has 0 unspecified atom stereocenters. The minimum Gasteiger partial charge on any atom is -0.324 e. The third kappa shape index (κ3) is 4.02. The van der Waals surface area contributed by atoms with Crippen LogP contribution in [-0.4, -0.2) is 19.1 Å². The number of nitrogens with one attached hydrogen (secondary N) is 1. The maximum atomic E-state index is 11.2. The molecule has 0 aliphatic carbocycles. The summed E-state index contributed by atoms with van der Waals surface area (Å²) in [5, 5.41) is 2.66. The number of hydrogen-bond acceptors (Lipinski definition) is 3. The summed E-state index contributed by atoms with van der Waals surface area (Å²) < 4.78 is 0. The topological polar surface area (TPSA) is 47.6 Å². The smallest absolute Gasteiger partial charge is 0.253 e. The van der Waals surface area contributed by atoms with E-state index in [1.165, 1.54) is 0 Å². The second-order valence-electron chi connectivity index (χ2n) is 2.58. The van der Waals surface area contributed by atoms with Crippen LogP contribution in [0.5, 0.6) is 0 Å². The van der Waals surface area contributed by atoms with E-state index < -0.39 is 0 Å². The summed E-state index contributed by atoms with van der Waals surface area (Å²) in [5.41, 5.74) is 0.748. The third-order valence-electron chi connectivity index (χ3n) is 1.45. The molecule has 76 valence electrons. The van der Waals surface area contributed by atoms with E-state index in [1.807, 2.05) is 18.2 Å². The van der Waals surface area contributed by atoms with Crippen molar-refractivity contribution in [2.45, 2.75) is 6.92 Å². The highest BCUT2D eigenvalue weighted by molar-refractivity contribution is 5.91. The second-order valence-corrected chi connectivity index (χ2v) is 2.58. The molecule has 1 aromatic carbocycles. The van der Waals surface area contributed by atoms with E-state index in [9.17, 15) is 4.79 Å². The maximum Gasteiger partial charge on any atom is 0.253 e. The van der Waals surface area contributed by atoms with Crippen LogP contribution in [0.3, 0.4) is 0 Å². The Balaban J connectivity index is 2.27. The zero-order chi connectivity index (χ0) is 10.2. The second kappa shape index (κ2) is 6.12. The molecule has 0 fully saturated rings. The zero-order valence-corrected chi connectivity index (χ0v) is 8.03. The van der Waals surface area contributed by atoms with Gasteiger partial charge >= 0.3 is 0 Å². The number of amides is 1. The number of para-hydroxylation sites is 1. The molecule has 4 nitrogen and oxygen atoms in total. The first kappa shape index (κ1) is 10.7. The molecule has 14 heavy (non-hydrogen) atoms. The standard InChI is InChI=1S/C10H13NO3/c1-2-13-14-8-10(12)11-9-6-4-3-5-7-9/h3-7H,2,8H2,1H3,(H,11,12). The van der Waals surface area contributed by atoms with Gasteiger partial charge in [0.2, 0.25) is 0 Å². The average molecular weight is 195 g/mol. The molecule has 0 aliphatic heterocycles. The molecular formula is C10H13NO3. The summed E-state index contributed by atoms with van der Waals surface area (Å²) in [6, 6.07) is 9.18. The fraction of sp³-hybridized carbons (Fsp3) is 0.300. The third-order valence-corrected chi connectivity index (χ3v) is 1.45. The molecule has 4 heteroatoms. The molecule has 0 radical (unpaired) electrons. The van der Waals surface area contributed by atoms with E-state index in [2.05, 4.69) is 15.1 Å². The highest BCUT2D eigenvalue weighted by Gasteiger charge is 2.01. The monoisotopic (exact) mass is 195 g/mol. The Bertz CT molecular complexity index is 274. The van der Waals surface area contributed by atoms with Gasteiger partial charge in [0.15, 0.2) is 6.61 Å². The lowest BCUT2D eigenvalue weighted by Crippen LogP contribution is -2.18. The molecule has 0 aromatic heterocycles. The summed E-state index contributed by atoms with van der Waals surface area (Å²) >= 11 is 0. The van der Waals surface area contributed by atoms with E-state index >= 15 is 0 Å². The number of carbonyl (C=O) groups is 1. The Morgan fingerprint density at radius 1 is 1.29 bits per heavy atom. The quantitative estimate of drug-likeness (QED) is 0.441. The van der Waals surface area contributed by atoms with Crippen molar-refractivity contribution in [2.24, 2.45) is 0 Å². The van der Waals surface area contributed by atoms with Crippen LogP contribution in [0.1, 0.15) is 6.92 Å². The fourth-order valence-electron chi connectivity index (χ4n) is 0.897. The first-order valence-corrected chi connectivity index (χ1v) is 4.42. The lowest BCUT2D eigenvalue weighted by molar-refractivity contribution is -0.284. The molecule has 1 amide bonds. The predicted octanol–water partition coefficient (Wildman–Crippen LogP) is 1.59. The van der Waals surface area contributed by atoms with Gasteiger partial charge < -0.3 is 5.32 Å². The summed E-state index contributed by atoms with van der Waals surface area (Å²) in [7, 11) is 0. The van der Waals surface area contributed by atoms with Crippen molar-refractivity contribution in [3.63, 3.8) is 0 Å². The zero-order valence-electron chi connectivity index (χ0n) is 8.03. The van der Waals surface area contributed by atoms with Gasteiger partial charge in [0.25, 0.3) is 5.91 Å². The number of benzene rings is 1. The highest BCUT2D eigenvalue weighted by Crippen LogP contribution is 2.04. The van der Waals surface area contributed by atoms with Crippen molar-refractivity contribution in [3.05, 3.63) is 30.3 Å². The normalized spacial score (nSPS) is 9.79. The number of anilines is 1. The van der Waals surface area contributed by atoms with Crippen molar-refractivity contribution in [3.8, 4) is 0 Å². The molecule has 0 saturated carbocycles. The molecule has 0 saturated heterocycles. The SMILES string of the molecule is CCOOCC(=O)Nc1ccccc1. The Morgan fingerprint density at radius 3 is 2.64 bits per heavy atom. The van der Waals surface area contributed by atoms with Gasteiger partial charge in [-0.2, -0.15) is 0 Å². The van der Waals surface area contributed by atoms with Crippen LogP contribution < -0.4 is 5.32 Å². The highest BCUT2D eigenvalue weighted by atomic mass is 17.2. The van der Waals surface area contributed by atoms with Crippen LogP contribution in [0.4, 0.5) is 5.69 Å². The van der Waals surface area contributed by atoms with E-state index in [-0.39, 0.29) is 12.5 Å². The van der Waals surface area contributed by atoms with Crippen LogP contribution in [0.25, 0.3) is 0 Å². The van der Waals surface area contributed by atoms with Crippen LogP contribution in [0.15, 0.2) is 30.3 Å². The predicted molar refractivity (Wildman–Crippen MR) is 52.6 cm³/mol. The summed E-state index contributed by atoms with van der Waals surface area (Å²) in [5.74, 6) is -0.232. The van der Waals surface area contributed by atoms with Crippen molar-refractivity contribution in [2.75, 3.05) is 18.5 Å². The van der Waals surface area contributed by atoms with E-state index in [1.54, 1.807) is 19.1 Å². The van der Waals surface area contributed by atoms with Crippen molar-refractivity contribution < 1.29 is 14.6 Å². The van der Waals surface area contributed by atoms with Crippen molar-refractivity contribution in [1.29, 1.82) is 0 Å². The van der Waals surface area contributed by atoms with Gasteiger partial charge in [0.05, 0.1) is 6.61 Å². The van der Waals surface area contributed by atoms with Gasteiger partial charge in [-0.3, -0.25) is 4.79 Å². The molecule has 0 bridgehead atoms. The Hall–Kier alpha value is -1.39. The Labute approximate surface area is 82.8 Å². The first-order valence-electron chi connectivity index (χ1n) is 4.42. The molecular weight excluding hydrogens is 182 g/mol. The summed E-state index contributed by atoms with van der Waals surface area (Å²) in [6.45, 7) is 2.12. The van der Waals surface area contributed by atoms with Crippen molar-refractivity contribution >= 4 is 11.6 Å². The van der Waals surface area contributed by atoms with Crippen LogP contribution in [0.2, 0.25) is 0 Å². The van der Waals surface area contributed by atoms with E-state index in [4.69, 9.17) is 0 Å². The lowest BCUT2D eigenvalue weighted by atomic mass is 10.3. The first-order chi connectivity index (χ1) is 6.83. The number of rotatable bonds is 5. The Morgan fingerprint density at radius 2 is 2.00 bits per heavy atom. The van der Waals surface area contributed by atoms with Gasteiger partial charge in [0, 0.05) is 5.69 Å². The summed E-state index contributed by atoms with van der Waals surface area (Å²) in [4.78, 5) is 20.4. The van der Waals surface area contributed by atoms with Gasteiger partial charge in [-0.1, -0.05) is 18.2 Å². The molecule has 0 spiro atoms. The number of carbonyl (C=O) groups excluding carboxylic acids is 1. The van der Waals surface area contributed by atoms with E-state index in [0.717, 1.165) is 5.69 Å². The molecule has 0 atom stereocenters. The van der Waals surface area contributed by atoms with Gasteiger partial charge in [-0.25, -0.2) is 9.78 Å². The number of hydrogen-bond donors (Lipinski definition) is 1. The minimum absolute atomic E-state index is 0.0945. The average Bonchev–Trinajstić information content (AvgIpc) is 2.20. The van der Waals surface area contributed by atoms with Crippen LogP contribution in [0, 0.1) is 0 Å². The Kier molecular flexibility index (Phi) is 4.68. The fourth-order valence-corrected chi connectivity index (χ4v) is 0.897. The summed E-state index contributed by atoms with van der Waals surface area (Å²) in [6.07, 6.45) is 0. The molecule has 0 heterocycles. The van der Waals surface area contributed by atoms with Gasteiger partial charge in [-0.15, -0.1) is 0 Å². The van der Waals surface area contributed by atoms with Crippen molar-refractivity contribution in [1.82, 2.24) is 0 Å². The minimum atomic E-state index is -0.232. The maximum absolute atomic E-state index is 11.2. The van der Waals surface area contributed by atoms with E-state index in [0.29, 0.717) is 6.61 Å². The molecule has 1 N–H and O–H groups in total. The molecule has 0 aliphatic rings. The largest absolute Gasteiger partial charge is 0.324 e. The van der Waals surface area contributed by atoms with Gasteiger partial charge in [-0.05, 0) is 19.1 Å².